The fourth-order valence-electron chi connectivity index (χ4n) is 2.34. The Morgan fingerprint density at radius 1 is 1.52 bits per heavy atom. The number of hydrogen-bond acceptors (Lipinski definition) is 7. The summed E-state index contributed by atoms with van der Waals surface area (Å²) in [6, 6.07) is 4.12. The highest BCUT2D eigenvalue weighted by Crippen LogP contribution is 2.24. The molecule has 0 saturated carbocycles. The van der Waals surface area contributed by atoms with E-state index in [4.69, 9.17) is 11.6 Å². The number of nitrogens with one attached hydrogen (secondary N) is 1. The first kappa shape index (κ1) is 18.7. The minimum absolute atomic E-state index is 0.00665. The van der Waals surface area contributed by atoms with Gasteiger partial charge in [-0.1, -0.05) is 17.7 Å². The minimum atomic E-state index is -0.611. The molecular formula is C16H12ClN5O4S. The number of hydrazone groups is 1. The molecule has 0 aliphatic rings. The Morgan fingerprint density at radius 3 is 3.04 bits per heavy atom. The van der Waals surface area contributed by atoms with Crippen LogP contribution in [-0.4, -0.2) is 26.6 Å². The predicted octanol–water partition coefficient (Wildman–Crippen LogP) is 2.48. The number of fused-ring (bicyclic) bond motifs is 1. The lowest BCUT2D eigenvalue weighted by molar-refractivity contribution is -0.384. The van der Waals surface area contributed by atoms with Crippen LogP contribution in [0.4, 0.5) is 5.69 Å². The first-order valence-electron chi connectivity index (χ1n) is 7.56. The molecule has 3 rings (SSSR count). The molecule has 0 saturated heterocycles. The van der Waals surface area contributed by atoms with Crippen molar-refractivity contribution in [3.05, 3.63) is 66.5 Å². The average Bonchev–Trinajstić information content (AvgIpc) is 3.00. The molecule has 1 amide bonds. The molecule has 0 bridgehead atoms. The van der Waals surface area contributed by atoms with Crippen LogP contribution >= 0.6 is 22.9 Å². The number of nitro groups is 1. The number of hydrogen-bond donors (Lipinski definition) is 1. The summed E-state index contributed by atoms with van der Waals surface area (Å²) >= 11 is 7.10. The zero-order chi connectivity index (χ0) is 19.6. The summed E-state index contributed by atoms with van der Waals surface area (Å²) in [7, 11) is 0. The molecule has 0 aliphatic carbocycles. The second-order valence-electron chi connectivity index (χ2n) is 5.54. The van der Waals surface area contributed by atoms with Gasteiger partial charge in [0.25, 0.3) is 17.2 Å². The third kappa shape index (κ3) is 4.01. The summed E-state index contributed by atoms with van der Waals surface area (Å²) < 4.78 is 1.19. The van der Waals surface area contributed by atoms with Gasteiger partial charge in [0.1, 0.15) is 16.4 Å². The van der Waals surface area contributed by atoms with E-state index in [-0.39, 0.29) is 22.8 Å². The highest BCUT2D eigenvalue weighted by molar-refractivity contribution is 7.16. The number of halogens is 1. The Labute approximate surface area is 161 Å². The number of nitro benzene ring substituents is 1. The van der Waals surface area contributed by atoms with Crippen LogP contribution in [0.25, 0.3) is 10.2 Å². The quantitative estimate of drug-likeness (QED) is 0.397. The van der Waals surface area contributed by atoms with Crippen LogP contribution in [0.2, 0.25) is 5.02 Å². The molecule has 9 nitrogen and oxygen atoms in total. The summed E-state index contributed by atoms with van der Waals surface area (Å²) in [5.41, 5.74) is 2.91. The lowest BCUT2D eigenvalue weighted by Gasteiger charge is -2.04. The topological polar surface area (TPSA) is 119 Å². The van der Waals surface area contributed by atoms with Crippen LogP contribution in [0.1, 0.15) is 11.1 Å². The lowest BCUT2D eigenvalue weighted by atomic mass is 10.2. The van der Waals surface area contributed by atoms with E-state index in [1.165, 1.54) is 46.6 Å². The summed E-state index contributed by atoms with van der Waals surface area (Å²) in [5, 5.41) is 16.9. The molecule has 2 aromatic heterocycles. The zero-order valence-electron chi connectivity index (χ0n) is 13.9. The van der Waals surface area contributed by atoms with Gasteiger partial charge in [-0.2, -0.15) is 5.10 Å². The molecule has 0 atom stereocenters. The van der Waals surface area contributed by atoms with Crippen molar-refractivity contribution in [1.82, 2.24) is 15.0 Å². The smallest absolute Gasteiger partial charge is 0.288 e. The Morgan fingerprint density at radius 2 is 2.30 bits per heavy atom. The standard InChI is InChI=1S/C16H12ClN5O4S/c1-9-7-27-15-14(9)16(24)21(8-18-15)6-13(23)20-19-5-10-2-3-11(17)12(4-10)22(25)26/h2-5,7-8H,6H2,1H3,(H,20,23)/b19-5+. The number of aromatic nitrogens is 2. The van der Waals surface area contributed by atoms with Gasteiger partial charge in [-0.25, -0.2) is 10.4 Å². The van der Waals surface area contributed by atoms with Crippen molar-refractivity contribution in [2.24, 2.45) is 5.10 Å². The Hall–Kier alpha value is -3.11. The molecule has 3 aromatic rings. The van der Waals surface area contributed by atoms with Gasteiger partial charge in [0, 0.05) is 11.6 Å². The van der Waals surface area contributed by atoms with Crippen molar-refractivity contribution in [3.63, 3.8) is 0 Å². The molecule has 138 valence electrons. The first-order chi connectivity index (χ1) is 12.9. The summed E-state index contributed by atoms with van der Waals surface area (Å²) in [6.45, 7) is 1.55. The zero-order valence-corrected chi connectivity index (χ0v) is 15.5. The normalized spacial score (nSPS) is 11.2. The van der Waals surface area contributed by atoms with Crippen molar-refractivity contribution >= 4 is 51.0 Å². The van der Waals surface area contributed by atoms with Gasteiger partial charge in [-0.05, 0) is 23.9 Å². The third-order valence-electron chi connectivity index (χ3n) is 3.63. The van der Waals surface area contributed by atoms with Crippen molar-refractivity contribution in [2.45, 2.75) is 13.5 Å². The second-order valence-corrected chi connectivity index (χ2v) is 6.80. The molecule has 27 heavy (non-hydrogen) atoms. The number of nitrogens with zero attached hydrogens (tertiary/aromatic N) is 4. The Kier molecular flexibility index (Phi) is 5.28. The summed E-state index contributed by atoms with van der Waals surface area (Å²) in [5.74, 6) is -0.536. The van der Waals surface area contributed by atoms with E-state index < -0.39 is 10.8 Å². The number of thiophene rings is 1. The van der Waals surface area contributed by atoms with Crippen molar-refractivity contribution < 1.29 is 9.72 Å². The van der Waals surface area contributed by atoms with Crippen molar-refractivity contribution in [1.29, 1.82) is 0 Å². The van der Waals surface area contributed by atoms with E-state index in [1.54, 1.807) is 0 Å². The van der Waals surface area contributed by atoms with Gasteiger partial charge in [0.15, 0.2) is 0 Å². The Bertz CT molecular complexity index is 1140. The molecular weight excluding hydrogens is 394 g/mol. The van der Waals surface area contributed by atoms with Crippen LogP contribution in [0, 0.1) is 17.0 Å². The van der Waals surface area contributed by atoms with Gasteiger partial charge < -0.3 is 0 Å². The van der Waals surface area contributed by atoms with E-state index in [1.807, 2.05) is 12.3 Å². The van der Waals surface area contributed by atoms with E-state index in [9.17, 15) is 19.7 Å². The minimum Gasteiger partial charge on any atom is -0.289 e. The average molecular weight is 406 g/mol. The SMILES string of the molecule is Cc1csc2ncn(CC(=O)N/N=C/c3ccc(Cl)c([N+](=O)[O-])c3)c(=O)c12. The number of carbonyl (C=O) groups excluding carboxylic acids is 1. The third-order valence-corrected chi connectivity index (χ3v) is 4.95. The monoisotopic (exact) mass is 405 g/mol. The highest BCUT2D eigenvalue weighted by atomic mass is 35.5. The number of aryl methyl sites for hydroxylation is 1. The molecule has 0 aliphatic heterocycles. The van der Waals surface area contributed by atoms with Crippen LogP contribution in [0.3, 0.4) is 0 Å². The highest BCUT2D eigenvalue weighted by Gasteiger charge is 2.13. The van der Waals surface area contributed by atoms with Gasteiger partial charge in [-0.15, -0.1) is 11.3 Å². The number of benzene rings is 1. The number of amides is 1. The van der Waals surface area contributed by atoms with Gasteiger partial charge in [-0.3, -0.25) is 24.3 Å². The second kappa shape index (κ2) is 7.64. The fraction of sp³-hybridized carbons (Fsp3) is 0.125. The summed E-state index contributed by atoms with van der Waals surface area (Å²) in [6.07, 6.45) is 2.56. The van der Waals surface area contributed by atoms with Gasteiger partial charge >= 0.3 is 0 Å². The number of rotatable bonds is 5. The van der Waals surface area contributed by atoms with Crippen molar-refractivity contribution in [3.8, 4) is 0 Å². The number of carbonyl (C=O) groups is 1. The molecule has 11 heteroatoms. The molecule has 1 aromatic carbocycles. The van der Waals surface area contributed by atoms with E-state index in [0.29, 0.717) is 15.8 Å². The van der Waals surface area contributed by atoms with E-state index in [2.05, 4.69) is 15.5 Å². The molecule has 0 radical (unpaired) electrons. The van der Waals surface area contributed by atoms with E-state index in [0.717, 1.165) is 5.56 Å². The predicted molar refractivity (Wildman–Crippen MR) is 102 cm³/mol. The van der Waals surface area contributed by atoms with E-state index >= 15 is 0 Å². The van der Waals surface area contributed by atoms with Crippen LogP contribution in [-0.2, 0) is 11.3 Å². The van der Waals surface area contributed by atoms with Crippen molar-refractivity contribution in [2.75, 3.05) is 0 Å². The maximum atomic E-state index is 12.4. The molecule has 0 unspecified atom stereocenters. The molecule has 2 heterocycles. The first-order valence-corrected chi connectivity index (χ1v) is 8.81. The van der Waals surface area contributed by atoms with Gasteiger partial charge in [0.05, 0.1) is 22.9 Å². The van der Waals surface area contributed by atoms with Crippen LogP contribution < -0.4 is 11.0 Å². The van der Waals surface area contributed by atoms with Gasteiger partial charge in [0.2, 0.25) is 0 Å². The molecule has 1 N–H and O–H groups in total. The fourth-order valence-corrected chi connectivity index (χ4v) is 3.40. The maximum Gasteiger partial charge on any atom is 0.288 e. The molecule has 0 fully saturated rings. The summed E-state index contributed by atoms with van der Waals surface area (Å²) in [4.78, 5) is 39.4. The maximum absolute atomic E-state index is 12.4. The largest absolute Gasteiger partial charge is 0.289 e. The van der Waals surface area contributed by atoms with Crippen LogP contribution in [0.15, 0.2) is 39.8 Å². The molecule has 0 spiro atoms. The lowest BCUT2D eigenvalue weighted by Crippen LogP contribution is -2.30. The Balaban J connectivity index is 1.70. The van der Waals surface area contributed by atoms with Crippen LogP contribution in [0.5, 0.6) is 0 Å².